The number of non-ortho nitro benzene ring substituents is 1. The molecular weight excluding hydrogens is 354 g/mol. The second-order valence-electron chi connectivity index (χ2n) is 4.49. The zero-order valence-corrected chi connectivity index (χ0v) is 13.3. The quantitative estimate of drug-likeness (QED) is 0.583. The molecule has 1 heterocycles. The van der Waals surface area contributed by atoms with E-state index >= 15 is 0 Å². The first-order chi connectivity index (χ1) is 12.2. The van der Waals surface area contributed by atoms with Gasteiger partial charge in [0.1, 0.15) is 5.75 Å². The van der Waals surface area contributed by atoms with Gasteiger partial charge in [0.15, 0.2) is 0 Å². The molecule has 0 bridgehead atoms. The molecule has 0 aliphatic heterocycles. The molecule has 0 spiro atoms. The van der Waals surface area contributed by atoms with E-state index in [9.17, 15) is 30.3 Å². The summed E-state index contributed by atoms with van der Waals surface area (Å²) >= 11 is 0. The van der Waals surface area contributed by atoms with E-state index in [-0.39, 0.29) is 0 Å². The fourth-order valence-corrected chi connectivity index (χ4v) is 1.65. The molecule has 0 aliphatic carbocycles. The fraction of sp³-hybridized carbons (Fsp3) is 0.154. The van der Waals surface area contributed by atoms with Gasteiger partial charge >= 0.3 is 11.4 Å². The topological polar surface area (TPSA) is 198 Å². The SMILES string of the molecule is CCOc1cncc(N)c1.O=[N+]([O-])c1cc([N+](=O)[O-])c(O)c([N+](=O)[O-])c1. The highest BCUT2D eigenvalue weighted by atomic mass is 16.6. The lowest BCUT2D eigenvalue weighted by molar-refractivity contribution is -0.404. The lowest BCUT2D eigenvalue weighted by Gasteiger charge is -2.00. The molecule has 2 rings (SSSR count). The largest absolute Gasteiger partial charge is 0.497 e. The normalized spacial score (nSPS) is 9.58. The molecule has 1 aromatic heterocycles. The summed E-state index contributed by atoms with van der Waals surface area (Å²) in [6, 6.07) is 2.64. The number of pyridine rings is 1. The summed E-state index contributed by atoms with van der Waals surface area (Å²) in [7, 11) is 0. The second kappa shape index (κ2) is 8.72. The summed E-state index contributed by atoms with van der Waals surface area (Å²) in [6.45, 7) is 2.56. The molecule has 0 unspecified atom stereocenters. The van der Waals surface area contributed by atoms with Gasteiger partial charge in [-0.15, -0.1) is 0 Å². The van der Waals surface area contributed by atoms with Crippen molar-refractivity contribution in [2.75, 3.05) is 12.3 Å². The molecule has 138 valence electrons. The van der Waals surface area contributed by atoms with Crippen molar-refractivity contribution >= 4 is 22.7 Å². The van der Waals surface area contributed by atoms with E-state index in [0.717, 1.165) is 5.75 Å². The minimum absolute atomic E-state index is 0.447. The summed E-state index contributed by atoms with van der Waals surface area (Å²) in [5.74, 6) is -0.483. The van der Waals surface area contributed by atoms with E-state index in [1.807, 2.05) is 6.92 Å². The summed E-state index contributed by atoms with van der Waals surface area (Å²) in [4.78, 5) is 31.6. The monoisotopic (exact) mass is 367 g/mol. The lowest BCUT2D eigenvalue weighted by atomic mass is 10.2. The fourth-order valence-electron chi connectivity index (χ4n) is 1.65. The number of nitrogens with two attached hydrogens (primary N) is 1. The van der Waals surface area contributed by atoms with Gasteiger partial charge in [-0.2, -0.15) is 0 Å². The van der Waals surface area contributed by atoms with Crippen LogP contribution in [0.2, 0.25) is 0 Å². The van der Waals surface area contributed by atoms with Crippen molar-refractivity contribution < 1.29 is 24.6 Å². The molecule has 0 radical (unpaired) electrons. The van der Waals surface area contributed by atoms with Crippen molar-refractivity contribution in [3.05, 3.63) is 60.9 Å². The van der Waals surface area contributed by atoms with E-state index < -0.39 is 37.6 Å². The molecule has 1 aromatic carbocycles. The number of nitrogen functional groups attached to an aromatic ring is 1. The third-order valence-corrected chi connectivity index (χ3v) is 2.70. The van der Waals surface area contributed by atoms with E-state index in [1.54, 1.807) is 18.5 Å². The molecule has 0 atom stereocenters. The molecule has 0 saturated heterocycles. The third-order valence-electron chi connectivity index (χ3n) is 2.70. The highest BCUT2D eigenvalue weighted by Gasteiger charge is 2.30. The number of aromatic nitrogens is 1. The van der Waals surface area contributed by atoms with Gasteiger partial charge in [0.05, 0.1) is 51.6 Å². The number of benzene rings is 1. The van der Waals surface area contributed by atoms with Gasteiger partial charge in [-0.3, -0.25) is 35.3 Å². The number of rotatable bonds is 5. The Bertz CT molecular complexity index is 806. The molecule has 0 saturated carbocycles. The minimum Gasteiger partial charge on any atom is -0.497 e. The molecular formula is C13H13N5O8. The van der Waals surface area contributed by atoms with Gasteiger partial charge in [0, 0.05) is 6.07 Å². The van der Waals surface area contributed by atoms with Gasteiger partial charge in [-0.25, -0.2) is 0 Å². The first-order valence-corrected chi connectivity index (χ1v) is 6.80. The predicted octanol–water partition coefficient (Wildman–Crippen LogP) is 2.18. The Morgan fingerprint density at radius 3 is 1.96 bits per heavy atom. The summed E-state index contributed by atoms with van der Waals surface area (Å²) in [6.07, 6.45) is 3.22. The Labute approximate surface area is 145 Å². The molecule has 26 heavy (non-hydrogen) atoms. The van der Waals surface area contributed by atoms with Crippen LogP contribution in [0.15, 0.2) is 30.6 Å². The van der Waals surface area contributed by atoms with Gasteiger partial charge in [-0.05, 0) is 6.92 Å². The lowest BCUT2D eigenvalue weighted by Crippen LogP contribution is -1.97. The van der Waals surface area contributed by atoms with Crippen molar-refractivity contribution in [1.82, 2.24) is 4.98 Å². The maximum atomic E-state index is 10.4. The molecule has 3 N–H and O–H groups in total. The minimum atomic E-state index is -1.21. The van der Waals surface area contributed by atoms with Gasteiger partial charge in [0.25, 0.3) is 11.4 Å². The number of hydrogen-bond donors (Lipinski definition) is 2. The van der Waals surface area contributed by atoms with Crippen LogP contribution in [0.1, 0.15) is 6.92 Å². The average molecular weight is 367 g/mol. The number of phenols is 1. The van der Waals surface area contributed by atoms with Gasteiger partial charge < -0.3 is 15.6 Å². The first-order valence-electron chi connectivity index (χ1n) is 6.80. The number of aromatic hydroxyl groups is 1. The average Bonchev–Trinajstić information content (AvgIpc) is 2.55. The van der Waals surface area contributed by atoms with Crippen LogP contribution >= 0.6 is 0 Å². The Kier molecular flexibility index (Phi) is 6.71. The van der Waals surface area contributed by atoms with Crippen molar-refractivity contribution in [3.8, 4) is 11.5 Å². The molecule has 13 nitrogen and oxygen atoms in total. The number of nitrogens with zero attached hydrogens (tertiary/aromatic N) is 4. The van der Waals surface area contributed by atoms with E-state index in [4.69, 9.17) is 15.6 Å². The van der Waals surface area contributed by atoms with E-state index in [2.05, 4.69) is 4.98 Å². The first kappa shape index (κ1) is 20.0. The summed E-state index contributed by atoms with van der Waals surface area (Å²) in [5, 5.41) is 40.2. The van der Waals surface area contributed by atoms with Crippen LogP contribution in [-0.4, -0.2) is 31.5 Å². The van der Waals surface area contributed by atoms with E-state index in [0.29, 0.717) is 24.4 Å². The number of phenolic OH excluding ortho intramolecular Hbond substituents is 1. The van der Waals surface area contributed by atoms with Crippen LogP contribution in [-0.2, 0) is 0 Å². The van der Waals surface area contributed by atoms with Crippen molar-refractivity contribution in [1.29, 1.82) is 0 Å². The molecule has 0 fully saturated rings. The molecule has 0 amide bonds. The molecule has 0 aliphatic rings. The zero-order chi connectivity index (χ0) is 19.9. The van der Waals surface area contributed by atoms with Crippen molar-refractivity contribution in [3.63, 3.8) is 0 Å². The van der Waals surface area contributed by atoms with Crippen LogP contribution in [0.4, 0.5) is 22.7 Å². The number of nitro benzene ring substituents is 3. The molecule has 2 aromatic rings. The Balaban J connectivity index is 0.000000289. The number of hydrogen-bond acceptors (Lipinski definition) is 10. The Hall–Kier alpha value is -4.03. The van der Waals surface area contributed by atoms with Crippen LogP contribution < -0.4 is 10.5 Å². The van der Waals surface area contributed by atoms with Crippen LogP contribution in [0.3, 0.4) is 0 Å². The predicted molar refractivity (Wildman–Crippen MR) is 87.9 cm³/mol. The van der Waals surface area contributed by atoms with Gasteiger partial charge in [0.2, 0.25) is 0 Å². The standard InChI is InChI=1S/C7H10N2O.C6H3N3O7/c1-2-10-7-3-6(8)4-9-5-7;10-6-4(8(13)14)1-3(7(11)12)2-5(6)9(15)16/h3-5H,2,8H2,1H3;1-2,10H. The van der Waals surface area contributed by atoms with Gasteiger partial charge in [-0.1, -0.05) is 0 Å². The second-order valence-corrected chi connectivity index (χ2v) is 4.49. The van der Waals surface area contributed by atoms with Crippen LogP contribution in [0.5, 0.6) is 11.5 Å². The summed E-state index contributed by atoms with van der Waals surface area (Å²) in [5.41, 5.74) is 3.08. The highest BCUT2D eigenvalue weighted by Crippen LogP contribution is 2.38. The Morgan fingerprint density at radius 2 is 1.58 bits per heavy atom. The van der Waals surface area contributed by atoms with E-state index in [1.165, 1.54) is 0 Å². The summed E-state index contributed by atoms with van der Waals surface area (Å²) < 4.78 is 5.14. The zero-order valence-electron chi connectivity index (χ0n) is 13.3. The maximum Gasteiger partial charge on any atom is 0.324 e. The maximum absolute atomic E-state index is 10.4. The third kappa shape index (κ3) is 5.26. The Morgan fingerprint density at radius 1 is 1.04 bits per heavy atom. The number of anilines is 1. The molecule has 13 heteroatoms. The number of ether oxygens (including phenoxy) is 1. The smallest absolute Gasteiger partial charge is 0.324 e. The van der Waals surface area contributed by atoms with Crippen molar-refractivity contribution in [2.24, 2.45) is 0 Å². The highest BCUT2D eigenvalue weighted by molar-refractivity contribution is 5.64. The van der Waals surface area contributed by atoms with Crippen molar-refractivity contribution in [2.45, 2.75) is 6.92 Å². The van der Waals surface area contributed by atoms with Crippen LogP contribution in [0, 0.1) is 30.3 Å². The number of nitro groups is 3. The van der Waals surface area contributed by atoms with Crippen LogP contribution in [0.25, 0.3) is 0 Å².